The number of benzene rings is 1. The summed E-state index contributed by atoms with van der Waals surface area (Å²) < 4.78 is 7.83. The van der Waals surface area contributed by atoms with Crippen molar-refractivity contribution in [1.29, 1.82) is 0 Å². The van der Waals surface area contributed by atoms with E-state index in [1.54, 1.807) is 6.20 Å². The first kappa shape index (κ1) is 18.2. The highest BCUT2D eigenvalue weighted by atomic mass is 16.5. The van der Waals surface area contributed by atoms with Gasteiger partial charge < -0.3 is 10.1 Å². The summed E-state index contributed by atoms with van der Waals surface area (Å²) in [6.07, 6.45) is 2.16. The van der Waals surface area contributed by atoms with Crippen LogP contribution in [0.5, 0.6) is 5.75 Å². The number of carbonyl (C=O) groups excluding carboxylic acids is 1. The average molecular weight is 376 g/mol. The number of hydrogen-bond acceptors (Lipinski definition) is 4. The molecular weight excluding hydrogens is 352 g/mol. The predicted octanol–water partition coefficient (Wildman–Crippen LogP) is 4.22. The van der Waals surface area contributed by atoms with Gasteiger partial charge in [0.05, 0.1) is 11.4 Å². The Kier molecular flexibility index (Phi) is 4.86. The highest BCUT2D eigenvalue weighted by Gasteiger charge is 2.32. The highest BCUT2D eigenvalue weighted by molar-refractivity contribution is 5.94. The van der Waals surface area contributed by atoms with Gasteiger partial charge in [-0.05, 0) is 50.6 Å². The van der Waals surface area contributed by atoms with Gasteiger partial charge in [0.15, 0.2) is 0 Å². The van der Waals surface area contributed by atoms with E-state index in [9.17, 15) is 4.79 Å². The zero-order valence-electron chi connectivity index (χ0n) is 16.3. The minimum atomic E-state index is -0.0327. The molecule has 3 heterocycles. The molecule has 2 aromatic heterocycles. The summed E-state index contributed by atoms with van der Waals surface area (Å²) in [7, 11) is 0. The average Bonchev–Trinajstić information content (AvgIpc) is 3.03. The lowest BCUT2D eigenvalue weighted by Crippen LogP contribution is -2.25. The van der Waals surface area contributed by atoms with Crippen LogP contribution in [0.2, 0.25) is 0 Å². The molecule has 6 heteroatoms. The van der Waals surface area contributed by atoms with Crippen LogP contribution in [0.3, 0.4) is 0 Å². The van der Waals surface area contributed by atoms with Crippen molar-refractivity contribution in [2.45, 2.75) is 45.8 Å². The zero-order valence-corrected chi connectivity index (χ0v) is 16.3. The molecule has 1 aromatic carbocycles. The van der Waals surface area contributed by atoms with Crippen LogP contribution in [0.25, 0.3) is 0 Å². The van der Waals surface area contributed by atoms with Crippen molar-refractivity contribution in [2.24, 2.45) is 0 Å². The molecule has 144 valence electrons. The Morgan fingerprint density at radius 1 is 1.25 bits per heavy atom. The summed E-state index contributed by atoms with van der Waals surface area (Å²) >= 11 is 0. The number of carbonyl (C=O) groups is 1. The van der Waals surface area contributed by atoms with E-state index in [2.05, 4.69) is 29.2 Å². The van der Waals surface area contributed by atoms with Gasteiger partial charge in [-0.2, -0.15) is 5.10 Å². The zero-order chi connectivity index (χ0) is 19.7. The van der Waals surface area contributed by atoms with Crippen LogP contribution in [-0.2, 0) is 11.4 Å². The molecular formula is C22H24N4O2. The van der Waals surface area contributed by atoms with Gasteiger partial charge in [0.25, 0.3) is 0 Å². The standard InChI is InChI=1S/C22H24N4O2/c1-14(2)26-22-21(15(3)25-26)19(12-20(27)24-22)16-7-6-9-18(11-16)28-13-17-8-4-5-10-23-17/h4-11,14,19H,12-13H2,1-3H3,(H,24,27)/t19-/m0/s1. The molecule has 0 fully saturated rings. The second-order valence-electron chi connectivity index (χ2n) is 7.37. The molecule has 1 atom stereocenters. The number of ether oxygens (including phenoxy) is 1. The van der Waals surface area contributed by atoms with Crippen molar-refractivity contribution in [3.8, 4) is 5.75 Å². The van der Waals surface area contributed by atoms with Gasteiger partial charge in [0.2, 0.25) is 5.91 Å². The number of pyridine rings is 1. The van der Waals surface area contributed by atoms with E-state index in [0.29, 0.717) is 13.0 Å². The van der Waals surface area contributed by atoms with E-state index in [-0.39, 0.29) is 17.9 Å². The number of rotatable bonds is 5. The Balaban J connectivity index is 1.64. The molecule has 1 N–H and O–H groups in total. The van der Waals surface area contributed by atoms with Crippen molar-refractivity contribution in [3.63, 3.8) is 0 Å². The molecule has 0 saturated heterocycles. The molecule has 0 aliphatic carbocycles. The van der Waals surface area contributed by atoms with Crippen LogP contribution in [0.15, 0.2) is 48.7 Å². The van der Waals surface area contributed by atoms with Crippen LogP contribution < -0.4 is 10.1 Å². The summed E-state index contributed by atoms with van der Waals surface area (Å²) in [6, 6.07) is 13.9. The normalized spacial score (nSPS) is 16.0. The van der Waals surface area contributed by atoms with Gasteiger partial charge in [-0.15, -0.1) is 0 Å². The van der Waals surface area contributed by atoms with Crippen LogP contribution in [-0.4, -0.2) is 20.7 Å². The summed E-state index contributed by atoms with van der Waals surface area (Å²) in [5.41, 5.74) is 3.98. The van der Waals surface area contributed by atoms with Gasteiger partial charge in [0, 0.05) is 30.1 Å². The molecule has 0 saturated carbocycles. The van der Waals surface area contributed by atoms with E-state index in [4.69, 9.17) is 4.74 Å². The molecule has 0 spiro atoms. The van der Waals surface area contributed by atoms with Crippen LogP contribution >= 0.6 is 0 Å². The Hall–Kier alpha value is -3.15. The minimum Gasteiger partial charge on any atom is -0.487 e. The lowest BCUT2D eigenvalue weighted by Gasteiger charge is -2.25. The van der Waals surface area contributed by atoms with Crippen molar-refractivity contribution < 1.29 is 9.53 Å². The first-order valence-electron chi connectivity index (χ1n) is 9.54. The molecule has 0 unspecified atom stereocenters. The topological polar surface area (TPSA) is 69.0 Å². The maximum absolute atomic E-state index is 12.4. The number of nitrogens with zero attached hydrogens (tertiary/aromatic N) is 3. The predicted molar refractivity (Wildman–Crippen MR) is 107 cm³/mol. The minimum absolute atomic E-state index is 0.0131. The van der Waals surface area contributed by atoms with Crippen molar-refractivity contribution in [2.75, 3.05) is 5.32 Å². The quantitative estimate of drug-likeness (QED) is 0.724. The first-order valence-corrected chi connectivity index (χ1v) is 9.54. The third kappa shape index (κ3) is 3.50. The molecule has 1 aliphatic rings. The summed E-state index contributed by atoms with van der Waals surface area (Å²) in [5.74, 6) is 1.56. The fourth-order valence-electron chi connectivity index (χ4n) is 3.69. The Morgan fingerprint density at radius 3 is 2.86 bits per heavy atom. The number of amides is 1. The molecule has 3 aromatic rings. The van der Waals surface area contributed by atoms with E-state index in [1.165, 1.54) is 0 Å². The maximum atomic E-state index is 12.4. The molecule has 1 amide bonds. The molecule has 1 aliphatic heterocycles. The third-order valence-electron chi connectivity index (χ3n) is 4.99. The smallest absolute Gasteiger partial charge is 0.226 e. The van der Waals surface area contributed by atoms with Crippen molar-refractivity contribution in [1.82, 2.24) is 14.8 Å². The Bertz CT molecular complexity index is 995. The van der Waals surface area contributed by atoms with E-state index < -0.39 is 0 Å². The van der Waals surface area contributed by atoms with Crippen LogP contribution in [0.1, 0.15) is 54.7 Å². The molecule has 0 bridgehead atoms. The molecule has 4 rings (SSSR count). The molecule has 0 radical (unpaired) electrons. The largest absolute Gasteiger partial charge is 0.487 e. The number of fused-ring (bicyclic) bond motifs is 1. The second-order valence-corrected chi connectivity index (χ2v) is 7.37. The van der Waals surface area contributed by atoms with Crippen LogP contribution in [0.4, 0.5) is 5.82 Å². The van der Waals surface area contributed by atoms with E-state index >= 15 is 0 Å². The number of anilines is 1. The third-order valence-corrected chi connectivity index (χ3v) is 4.99. The fourth-order valence-corrected chi connectivity index (χ4v) is 3.69. The number of aryl methyl sites for hydroxylation is 1. The molecule has 6 nitrogen and oxygen atoms in total. The maximum Gasteiger partial charge on any atom is 0.226 e. The van der Waals surface area contributed by atoms with Gasteiger partial charge >= 0.3 is 0 Å². The van der Waals surface area contributed by atoms with Gasteiger partial charge in [-0.1, -0.05) is 18.2 Å². The van der Waals surface area contributed by atoms with Gasteiger partial charge in [0.1, 0.15) is 18.2 Å². The number of aromatic nitrogens is 3. The summed E-state index contributed by atoms with van der Waals surface area (Å²) in [4.78, 5) is 16.7. The van der Waals surface area contributed by atoms with E-state index in [0.717, 1.165) is 34.1 Å². The van der Waals surface area contributed by atoms with Gasteiger partial charge in [-0.25, -0.2) is 4.68 Å². The monoisotopic (exact) mass is 376 g/mol. The van der Waals surface area contributed by atoms with Crippen LogP contribution in [0, 0.1) is 6.92 Å². The second kappa shape index (κ2) is 7.46. The van der Waals surface area contributed by atoms with Gasteiger partial charge in [-0.3, -0.25) is 9.78 Å². The van der Waals surface area contributed by atoms with E-state index in [1.807, 2.05) is 54.1 Å². The first-order chi connectivity index (χ1) is 13.5. The number of nitrogens with one attached hydrogen (secondary N) is 1. The summed E-state index contributed by atoms with van der Waals surface area (Å²) in [5, 5.41) is 7.68. The fraction of sp³-hybridized carbons (Fsp3) is 0.318. The van der Waals surface area contributed by atoms with Crippen molar-refractivity contribution >= 4 is 11.7 Å². The summed E-state index contributed by atoms with van der Waals surface area (Å²) in [6.45, 7) is 6.54. The molecule has 28 heavy (non-hydrogen) atoms. The SMILES string of the molecule is Cc1nn(C(C)C)c2c1[C@H](c1cccc(OCc3ccccn3)c1)CC(=O)N2. The lowest BCUT2D eigenvalue weighted by atomic mass is 9.85. The Labute approximate surface area is 164 Å². The Morgan fingerprint density at radius 2 is 2.11 bits per heavy atom. The van der Waals surface area contributed by atoms with Crippen molar-refractivity contribution in [3.05, 3.63) is 71.2 Å². The highest BCUT2D eigenvalue weighted by Crippen LogP contribution is 2.40. The lowest BCUT2D eigenvalue weighted by molar-refractivity contribution is -0.116. The number of hydrogen-bond donors (Lipinski definition) is 1.